The van der Waals surface area contributed by atoms with Gasteiger partial charge in [0.25, 0.3) is 0 Å². The number of rotatable bonds is 4. The molecule has 0 aliphatic heterocycles. The molecule has 2 rings (SSSR count). The Morgan fingerprint density at radius 3 is 3.00 bits per heavy atom. The van der Waals surface area contributed by atoms with Crippen molar-refractivity contribution in [2.24, 2.45) is 0 Å². The molecule has 5 nitrogen and oxygen atoms in total. The van der Waals surface area contributed by atoms with Gasteiger partial charge >= 0.3 is 11.7 Å². The van der Waals surface area contributed by atoms with E-state index in [1.54, 1.807) is 12.1 Å². The molecule has 0 radical (unpaired) electrons. The van der Waals surface area contributed by atoms with Crippen LogP contribution in [0.4, 0.5) is 4.79 Å². The molecule has 106 valence electrons. The minimum atomic E-state index is -0.554. The van der Waals surface area contributed by atoms with Crippen LogP contribution in [-0.4, -0.2) is 18.4 Å². The lowest BCUT2D eigenvalue weighted by Gasteiger charge is -2.07. The minimum absolute atomic E-state index is 0.322. The number of carbonyl (C=O) groups is 1. The first-order valence-corrected chi connectivity index (χ1v) is 7.90. The van der Waals surface area contributed by atoms with E-state index in [0.29, 0.717) is 23.6 Å². The van der Waals surface area contributed by atoms with E-state index < -0.39 is 11.7 Å². The van der Waals surface area contributed by atoms with Gasteiger partial charge in [-0.25, -0.2) is 9.59 Å². The number of hydrogen-bond acceptors (Lipinski definition) is 6. The molecule has 0 atom stereocenters. The van der Waals surface area contributed by atoms with Crippen LogP contribution < -0.4 is 15.7 Å². The quantitative estimate of drug-likeness (QED) is 0.393. The third-order valence-corrected chi connectivity index (χ3v) is 3.53. The van der Waals surface area contributed by atoms with Gasteiger partial charge in [0.2, 0.25) is 0 Å². The molecule has 0 aliphatic carbocycles. The van der Waals surface area contributed by atoms with Crippen LogP contribution in [-0.2, 0) is 0 Å². The van der Waals surface area contributed by atoms with E-state index in [2.05, 4.69) is 17.0 Å². The number of aryl methyl sites for hydroxylation is 1. The number of thiol groups is 1. The summed E-state index contributed by atoms with van der Waals surface area (Å²) in [4.78, 5) is 22.8. The van der Waals surface area contributed by atoms with Crippen LogP contribution in [0.1, 0.15) is 5.56 Å². The van der Waals surface area contributed by atoms with Crippen molar-refractivity contribution < 1.29 is 13.9 Å². The molecular formula is C13H13NO4S2. The van der Waals surface area contributed by atoms with Gasteiger partial charge in [-0.3, -0.25) is 0 Å². The molecule has 1 heterocycles. The third kappa shape index (κ3) is 3.71. The second-order valence-corrected chi connectivity index (χ2v) is 5.50. The normalized spacial score (nSPS) is 10.5. The number of nitrogens with one attached hydrogen (secondary N) is 1. The monoisotopic (exact) mass is 311 g/mol. The van der Waals surface area contributed by atoms with Crippen molar-refractivity contribution in [3.05, 3.63) is 40.2 Å². The number of amides is 1. The van der Waals surface area contributed by atoms with E-state index in [-0.39, 0.29) is 0 Å². The van der Waals surface area contributed by atoms with E-state index in [1.807, 2.05) is 6.92 Å². The summed E-state index contributed by atoms with van der Waals surface area (Å²) in [6.07, 6.45) is -0.554. The molecule has 0 saturated heterocycles. The zero-order valence-corrected chi connectivity index (χ0v) is 12.4. The lowest BCUT2D eigenvalue weighted by atomic mass is 10.1. The van der Waals surface area contributed by atoms with Crippen LogP contribution in [0.5, 0.6) is 5.75 Å². The van der Waals surface area contributed by atoms with Gasteiger partial charge in [0.05, 0.1) is 0 Å². The first kappa shape index (κ1) is 14.8. The van der Waals surface area contributed by atoms with Crippen molar-refractivity contribution in [3.63, 3.8) is 0 Å². The Balaban J connectivity index is 2.15. The highest BCUT2D eigenvalue weighted by Crippen LogP contribution is 2.22. The molecule has 0 unspecified atom stereocenters. The highest BCUT2D eigenvalue weighted by atomic mass is 33.1. The molecule has 0 bridgehead atoms. The molecule has 0 aliphatic rings. The standard InChI is InChI=1S/C13H13NO4S2/c1-8-6-12(15)18-11-7-9(2-3-10(8)11)17-13(16)14-4-5-20-19/h2-3,6-7,19H,4-5H2,1H3,(H,14,16). The van der Waals surface area contributed by atoms with Crippen molar-refractivity contribution in [1.29, 1.82) is 0 Å². The largest absolute Gasteiger partial charge is 0.423 e. The number of hydrogen-bond donors (Lipinski definition) is 2. The van der Waals surface area contributed by atoms with Crippen LogP contribution in [0.2, 0.25) is 0 Å². The summed E-state index contributed by atoms with van der Waals surface area (Å²) in [7, 11) is 1.33. The Hall–Kier alpha value is -1.60. The average Bonchev–Trinajstić information content (AvgIpc) is 2.38. The topological polar surface area (TPSA) is 68.5 Å². The summed E-state index contributed by atoms with van der Waals surface area (Å²) in [5.41, 5.74) is 0.784. The van der Waals surface area contributed by atoms with Crippen LogP contribution in [0, 0.1) is 6.92 Å². The summed E-state index contributed by atoms with van der Waals surface area (Å²) in [6.45, 7) is 2.29. The molecule has 0 fully saturated rings. The maximum Gasteiger partial charge on any atom is 0.412 e. The Morgan fingerprint density at radius 1 is 1.45 bits per heavy atom. The molecule has 0 saturated carbocycles. The molecule has 2 aromatic rings. The summed E-state index contributed by atoms with van der Waals surface area (Å²) in [6, 6.07) is 6.35. The van der Waals surface area contributed by atoms with Crippen molar-refractivity contribution in [1.82, 2.24) is 5.32 Å². The van der Waals surface area contributed by atoms with Gasteiger partial charge in [-0.05, 0) is 24.6 Å². The summed E-state index contributed by atoms with van der Waals surface area (Å²) < 4.78 is 10.2. The zero-order valence-electron chi connectivity index (χ0n) is 10.7. The van der Waals surface area contributed by atoms with Crippen LogP contribution in [0.15, 0.2) is 33.5 Å². The van der Waals surface area contributed by atoms with Gasteiger partial charge in [-0.2, -0.15) is 0 Å². The molecule has 1 N–H and O–H groups in total. The Bertz CT molecular complexity index is 684. The van der Waals surface area contributed by atoms with Crippen molar-refractivity contribution in [2.75, 3.05) is 12.3 Å². The molecule has 1 aromatic carbocycles. The molecular weight excluding hydrogens is 298 g/mol. The molecule has 7 heteroatoms. The average molecular weight is 311 g/mol. The minimum Gasteiger partial charge on any atom is -0.423 e. The molecule has 20 heavy (non-hydrogen) atoms. The van der Waals surface area contributed by atoms with Gasteiger partial charge in [-0.1, -0.05) is 10.8 Å². The Morgan fingerprint density at radius 2 is 2.25 bits per heavy atom. The fourth-order valence-corrected chi connectivity index (χ4v) is 2.18. The van der Waals surface area contributed by atoms with E-state index in [0.717, 1.165) is 10.9 Å². The second-order valence-electron chi connectivity index (χ2n) is 4.06. The number of benzene rings is 1. The Labute approximate surface area is 124 Å². The van der Waals surface area contributed by atoms with Gasteiger partial charge in [-0.15, -0.1) is 11.7 Å². The first-order valence-electron chi connectivity index (χ1n) is 5.86. The SMILES string of the molecule is Cc1cc(=O)oc2cc(OC(=O)NCCSS)ccc12. The fourth-order valence-electron chi connectivity index (χ4n) is 1.71. The lowest BCUT2D eigenvalue weighted by Crippen LogP contribution is -2.28. The van der Waals surface area contributed by atoms with E-state index in [9.17, 15) is 9.59 Å². The fraction of sp³-hybridized carbons (Fsp3) is 0.231. The van der Waals surface area contributed by atoms with Gasteiger partial charge in [0.15, 0.2) is 0 Å². The smallest absolute Gasteiger partial charge is 0.412 e. The van der Waals surface area contributed by atoms with Crippen LogP contribution in [0.3, 0.4) is 0 Å². The van der Waals surface area contributed by atoms with Crippen molar-refractivity contribution in [2.45, 2.75) is 6.92 Å². The summed E-state index contributed by atoms with van der Waals surface area (Å²) >= 11 is 3.96. The van der Waals surface area contributed by atoms with E-state index in [1.165, 1.54) is 22.9 Å². The highest BCUT2D eigenvalue weighted by molar-refractivity contribution is 8.68. The number of fused-ring (bicyclic) bond motifs is 1. The summed E-state index contributed by atoms with van der Waals surface area (Å²) in [5, 5.41) is 3.39. The number of carbonyl (C=O) groups excluding carboxylic acids is 1. The zero-order chi connectivity index (χ0) is 14.5. The van der Waals surface area contributed by atoms with Gasteiger partial charge in [0.1, 0.15) is 11.3 Å². The van der Waals surface area contributed by atoms with E-state index >= 15 is 0 Å². The first-order chi connectivity index (χ1) is 9.60. The molecule has 0 spiro atoms. The predicted molar refractivity (Wildman–Crippen MR) is 82.7 cm³/mol. The maximum absolute atomic E-state index is 11.5. The predicted octanol–water partition coefficient (Wildman–Crippen LogP) is 2.77. The molecule has 1 amide bonds. The van der Waals surface area contributed by atoms with Gasteiger partial charge < -0.3 is 14.5 Å². The van der Waals surface area contributed by atoms with E-state index in [4.69, 9.17) is 9.15 Å². The summed E-state index contributed by atoms with van der Waals surface area (Å²) in [5.74, 6) is 1.01. The third-order valence-electron chi connectivity index (χ3n) is 2.60. The van der Waals surface area contributed by atoms with Gasteiger partial charge in [0, 0.05) is 29.8 Å². The van der Waals surface area contributed by atoms with Crippen molar-refractivity contribution >= 4 is 39.5 Å². The lowest BCUT2D eigenvalue weighted by molar-refractivity contribution is 0.201. The second kappa shape index (κ2) is 6.71. The van der Waals surface area contributed by atoms with Crippen LogP contribution >= 0.6 is 22.5 Å². The van der Waals surface area contributed by atoms with Crippen molar-refractivity contribution in [3.8, 4) is 5.75 Å². The number of ether oxygens (including phenoxy) is 1. The molecule has 1 aromatic heterocycles. The maximum atomic E-state index is 11.5. The van der Waals surface area contributed by atoms with Crippen LogP contribution in [0.25, 0.3) is 11.0 Å². The Kier molecular flexibility index (Phi) is 4.97. The highest BCUT2D eigenvalue weighted by Gasteiger charge is 2.07.